The number of carbonyl (C=O) groups is 2. The second-order valence-corrected chi connectivity index (χ2v) is 4.46. The zero-order valence-electron chi connectivity index (χ0n) is 13.3. The minimum Gasteiger partial charge on any atom is -0.497 e. The summed E-state index contributed by atoms with van der Waals surface area (Å²) < 4.78 is 10.5. The maximum absolute atomic E-state index is 9.56. The van der Waals surface area contributed by atoms with Crippen molar-refractivity contribution < 1.29 is 34.4 Å². The minimum atomic E-state index is -1.82. The number of benzene rings is 1. The van der Waals surface area contributed by atoms with Crippen LogP contribution in [0.1, 0.15) is 5.56 Å². The molecule has 0 heterocycles. The highest BCUT2D eigenvalue weighted by Crippen LogP contribution is 2.11. The van der Waals surface area contributed by atoms with Crippen molar-refractivity contribution in [2.45, 2.75) is 12.7 Å². The van der Waals surface area contributed by atoms with E-state index in [0.717, 1.165) is 11.3 Å². The Balaban J connectivity index is 0.000000754. The van der Waals surface area contributed by atoms with Gasteiger partial charge in [0.1, 0.15) is 5.75 Å². The van der Waals surface area contributed by atoms with Gasteiger partial charge in [0.15, 0.2) is 0 Å². The SMILES string of the molecule is C#CCNCC(O)COCc1ccc(OC)cc1.O=C(O)C(=O)O. The van der Waals surface area contributed by atoms with Crippen LogP contribution in [0.5, 0.6) is 5.75 Å². The molecule has 0 radical (unpaired) electrons. The number of ether oxygens (including phenoxy) is 2. The quantitative estimate of drug-likeness (QED) is 0.295. The van der Waals surface area contributed by atoms with Gasteiger partial charge in [0, 0.05) is 6.54 Å². The van der Waals surface area contributed by atoms with Crippen LogP contribution in [-0.2, 0) is 20.9 Å². The van der Waals surface area contributed by atoms with Gasteiger partial charge in [0.2, 0.25) is 0 Å². The highest BCUT2D eigenvalue weighted by molar-refractivity contribution is 6.27. The molecule has 0 spiro atoms. The lowest BCUT2D eigenvalue weighted by atomic mass is 10.2. The average molecular weight is 339 g/mol. The van der Waals surface area contributed by atoms with Gasteiger partial charge in [0.25, 0.3) is 0 Å². The van der Waals surface area contributed by atoms with Crippen LogP contribution in [0, 0.1) is 12.3 Å². The fourth-order valence-corrected chi connectivity index (χ4v) is 1.40. The number of methoxy groups -OCH3 is 1. The Morgan fingerprint density at radius 3 is 2.29 bits per heavy atom. The summed E-state index contributed by atoms with van der Waals surface area (Å²) in [5, 5.41) is 27.3. The lowest BCUT2D eigenvalue weighted by Gasteiger charge is -2.11. The molecule has 1 atom stereocenters. The van der Waals surface area contributed by atoms with E-state index in [4.69, 9.17) is 35.7 Å². The van der Waals surface area contributed by atoms with Crippen molar-refractivity contribution >= 4 is 11.9 Å². The fourth-order valence-electron chi connectivity index (χ4n) is 1.40. The van der Waals surface area contributed by atoms with E-state index in [1.54, 1.807) is 7.11 Å². The van der Waals surface area contributed by atoms with E-state index in [9.17, 15) is 5.11 Å². The summed E-state index contributed by atoms with van der Waals surface area (Å²) in [6, 6.07) is 7.62. The lowest BCUT2D eigenvalue weighted by molar-refractivity contribution is -0.159. The molecule has 0 saturated heterocycles. The van der Waals surface area contributed by atoms with Gasteiger partial charge < -0.3 is 30.1 Å². The molecule has 8 nitrogen and oxygen atoms in total. The highest BCUT2D eigenvalue weighted by Gasteiger charge is 2.04. The predicted molar refractivity (Wildman–Crippen MR) is 85.6 cm³/mol. The number of rotatable bonds is 8. The molecule has 132 valence electrons. The summed E-state index contributed by atoms with van der Waals surface area (Å²) in [6.45, 7) is 1.64. The average Bonchev–Trinajstić information content (AvgIpc) is 2.56. The summed E-state index contributed by atoms with van der Waals surface area (Å²) in [4.78, 5) is 18.2. The molecule has 0 aliphatic heterocycles. The number of nitrogens with one attached hydrogen (secondary N) is 1. The van der Waals surface area contributed by atoms with Crippen LogP contribution < -0.4 is 10.1 Å². The van der Waals surface area contributed by atoms with E-state index in [1.807, 2.05) is 24.3 Å². The Labute approximate surface area is 140 Å². The first-order valence-corrected chi connectivity index (χ1v) is 6.89. The van der Waals surface area contributed by atoms with E-state index in [1.165, 1.54) is 0 Å². The van der Waals surface area contributed by atoms with Crippen molar-refractivity contribution in [2.24, 2.45) is 0 Å². The second kappa shape index (κ2) is 12.9. The van der Waals surface area contributed by atoms with Gasteiger partial charge in [-0.15, -0.1) is 6.42 Å². The molecule has 0 aromatic heterocycles. The van der Waals surface area contributed by atoms with Crippen LogP contribution in [0.2, 0.25) is 0 Å². The first kappa shape index (κ1) is 21.4. The molecule has 0 aliphatic rings. The van der Waals surface area contributed by atoms with Crippen LogP contribution in [0.4, 0.5) is 0 Å². The van der Waals surface area contributed by atoms with Crippen molar-refractivity contribution in [1.82, 2.24) is 5.32 Å². The molecule has 0 aliphatic carbocycles. The maximum Gasteiger partial charge on any atom is 0.414 e. The van der Waals surface area contributed by atoms with Crippen molar-refractivity contribution in [3.63, 3.8) is 0 Å². The Morgan fingerprint density at radius 2 is 1.83 bits per heavy atom. The van der Waals surface area contributed by atoms with Gasteiger partial charge in [-0.1, -0.05) is 18.1 Å². The number of terminal acetylenes is 1. The highest BCUT2D eigenvalue weighted by atomic mass is 16.5. The van der Waals surface area contributed by atoms with Gasteiger partial charge in [-0.3, -0.25) is 0 Å². The minimum absolute atomic E-state index is 0.281. The molecule has 1 rings (SSSR count). The summed E-state index contributed by atoms with van der Waals surface area (Å²) in [5.74, 6) is -0.390. The molecule has 24 heavy (non-hydrogen) atoms. The molecule has 8 heteroatoms. The summed E-state index contributed by atoms with van der Waals surface area (Å²) in [5.41, 5.74) is 1.04. The van der Waals surface area contributed by atoms with Gasteiger partial charge in [-0.2, -0.15) is 0 Å². The standard InChI is InChI=1S/C14H19NO3.C2H2O4/c1-3-8-15-9-13(16)11-18-10-12-4-6-14(17-2)7-5-12;3-1(4)2(5)6/h1,4-7,13,15-16H,8-11H2,2H3;(H,3,4)(H,5,6). The Hall–Kier alpha value is -2.60. The number of aliphatic carboxylic acids is 2. The first-order valence-electron chi connectivity index (χ1n) is 6.89. The summed E-state index contributed by atoms with van der Waals surface area (Å²) in [6.07, 6.45) is 4.53. The number of hydrogen-bond acceptors (Lipinski definition) is 6. The molecule has 4 N–H and O–H groups in total. The van der Waals surface area contributed by atoms with Crippen LogP contribution in [0.25, 0.3) is 0 Å². The topological polar surface area (TPSA) is 125 Å². The van der Waals surface area contributed by atoms with Crippen LogP contribution in [0.3, 0.4) is 0 Å². The molecule has 1 aromatic rings. The van der Waals surface area contributed by atoms with E-state index in [-0.39, 0.29) is 6.61 Å². The van der Waals surface area contributed by atoms with Gasteiger partial charge in [-0.25, -0.2) is 9.59 Å². The maximum atomic E-state index is 9.56. The fraction of sp³-hybridized carbons (Fsp3) is 0.375. The normalized spacial score (nSPS) is 10.7. The van der Waals surface area contributed by atoms with Crippen LogP contribution in [-0.4, -0.2) is 60.2 Å². The smallest absolute Gasteiger partial charge is 0.414 e. The van der Waals surface area contributed by atoms with Crippen molar-refractivity contribution in [2.75, 3.05) is 26.8 Å². The molecule has 0 amide bonds. The third-order valence-electron chi connectivity index (χ3n) is 2.53. The monoisotopic (exact) mass is 339 g/mol. The number of hydrogen-bond donors (Lipinski definition) is 4. The van der Waals surface area contributed by atoms with Crippen LogP contribution >= 0.6 is 0 Å². The number of carboxylic acids is 2. The van der Waals surface area contributed by atoms with Crippen molar-refractivity contribution in [3.8, 4) is 18.1 Å². The largest absolute Gasteiger partial charge is 0.497 e. The summed E-state index contributed by atoms with van der Waals surface area (Å²) >= 11 is 0. The Morgan fingerprint density at radius 1 is 1.25 bits per heavy atom. The number of aliphatic hydroxyl groups is 1. The molecular weight excluding hydrogens is 318 g/mol. The van der Waals surface area contributed by atoms with E-state index in [2.05, 4.69) is 11.2 Å². The van der Waals surface area contributed by atoms with Crippen LogP contribution in [0.15, 0.2) is 24.3 Å². The zero-order chi connectivity index (χ0) is 18.4. The lowest BCUT2D eigenvalue weighted by Crippen LogP contribution is -2.30. The van der Waals surface area contributed by atoms with Gasteiger partial charge in [0.05, 0.1) is 33.0 Å². The Bertz CT molecular complexity index is 524. The predicted octanol–water partition coefficient (Wildman–Crippen LogP) is -0.0489. The number of aliphatic hydroxyl groups excluding tert-OH is 1. The van der Waals surface area contributed by atoms with E-state index in [0.29, 0.717) is 19.7 Å². The third kappa shape index (κ3) is 11.0. The Kier molecular flexibility index (Phi) is 11.5. The molecule has 0 saturated carbocycles. The van der Waals surface area contributed by atoms with E-state index < -0.39 is 18.0 Å². The van der Waals surface area contributed by atoms with Gasteiger partial charge >= 0.3 is 11.9 Å². The summed E-state index contributed by atoms with van der Waals surface area (Å²) in [7, 11) is 1.63. The molecule has 1 unspecified atom stereocenters. The number of carboxylic acid groups (broad SMARTS) is 2. The van der Waals surface area contributed by atoms with E-state index >= 15 is 0 Å². The molecule has 1 aromatic carbocycles. The molecule has 0 bridgehead atoms. The first-order chi connectivity index (χ1) is 11.4. The third-order valence-corrected chi connectivity index (χ3v) is 2.53. The zero-order valence-corrected chi connectivity index (χ0v) is 13.3. The van der Waals surface area contributed by atoms with Crippen molar-refractivity contribution in [1.29, 1.82) is 0 Å². The molecule has 0 fully saturated rings. The second-order valence-electron chi connectivity index (χ2n) is 4.46. The van der Waals surface area contributed by atoms with Gasteiger partial charge in [-0.05, 0) is 17.7 Å². The molecular formula is C16H21NO7. The van der Waals surface area contributed by atoms with Crippen molar-refractivity contribution in [3.05, 3.63) is 29.8 Å².